The SMILES string of the molecule is CC1OC(OCCN(CCCCCC(=O)On2c(O)ccc2O)CCOC2OC(COC3OC(CO)C(O)C(O)C3O)C(O)C(OC3OC(CO)C(O)C(O)C3O)C2O)C(O)C(O)C1O. The van der Waals surface area contributed by atoms with E-state index in [1.54, 1.807) is 0 Å². The molecule has 0 bridgehead atoms. The lowest BCUT2D eigenvalue weighted by Crippen LogP contribution is -2.65. The zero-order valence-electron chi connectivity index (χ0n) is 35.4. The largest absolute Gasteiger partial charge is 0.492 e. The van der Waals surface area contributed by atoms with Crippen LogP contribution in [-0.2, 0) is 42.7 Å². The van der Waals surface area contributed by atoms with E-state index >= 15 is 0 Å². The van der Waals surface area contributed by atoms with Crippen molar-refractivity contribution < 1.29 is 124 Å². The molecule has 0 aliphatic carbocycles. The molecule has 4 aliphatic rings. The molecular formula is C38H64N2O25. The molecule has 0 spiro atoms. The van der Waals surface area contributed by atoms with Gasteiger partial charge in [-0.25, -0.2) is 4.79 Å². The Labute approximate surface area is 371 Å². The van der Waals surface area contributed by atoms with Crippen LogP contribution in [0, 0.1) is 0 Å². The van der Waals surface area contributed by atoms with Gasteiger partial charge in [-0.3, -0.25) is 4.90 Å². The molecule has 20 unspecified atom stereocenters. The maximum atomic E-state index is 12.3. The van der Waals surface area contributed by atoms with Gasteiger partial charge >= 0.3 is 5.97 Å². The normalized spacial score (nSPS) is 40.3. The molecule has 4 aliphatic heterocycles. The molecule has 0 amide bonds. The number of aliphatic hydroxyl groups is 13. The summed E-state index contributed by atoms with van der Waals surface area (Å²) in [7, 11) is 0. The molecular weight excluding hydrogens is 884 g/mol. The van der Waals surface area contributed by atoms with Gasteiger partial charge in [-0.05, 0) is 26.3 Å². The van der Waals surface area contributed by atoms with Gasteiger partial charge in [0, 0.05) is 31.6 Å². The van der Waals surface area contributed by atoms with Crippen molar-refractivity contribution in [3.63, 3.8) is 0 Å². The van der Waals surface area contributed by atoms with E-state index in [0.29, 0.717) is 30.5 Å². The van der Waals surface area contributed by atoms with Gasteiger partial charge in [0.2, 0.25) is 11.8 Å². The van der Waals surface area contributed by atoms with Gasteiger partial charge in [0.25, 0.3) is 0 Å². The van der Waals surface area contributed by atoms with Crippen molar-refractivity contribution in [3.05, 3.63) is 12.1 Å². The van der Waals surface area contributed by atoms with Crippen LogP contribution in [-0.4, -0.2) is 268 Å². The highest BCUT2D eigenvalue weighted by atomic mass is 16.8. The van der Waals surface area contributed by atoms with E-state index in [1.807, 2.05) is 4.90 Å². The van der Waals surface area contributed by atoms with Crippen LogP contribution >= 0.6 is 0 Å². The monoisotopic (exact) mass is 948 g/mol. The highest BCUT2D eigenvalue weighted by molar-refractivity contribution is 5.69. The van der Waals surface area contributed by atoms with Crippen molar-refractivity contribution >= 4 is 5.97 Å². The van der Waals surface area contributed by atoms with E-state index in [2.05, 4.69) is 0 Å². The quantitative estimate of drug-likeness (QED) is 0.0480. The van der Waals surface area contributed by atoms with E-state index in [0.717, 1.165) is 12.1 Å². The molecule has 376 valence electrons. The summed E-state index contributed by atoms with van der Waals surface area (Å²) >= 11 is 0. The minimum Gasteiger partial charge on any atom is -0.492 e. The fraction of sp³-hybridized carbons (Fsp3) is 0.868. The maximum absolute atomic E-state index is 12.3. The first-order valence-corrected chi connectivity index (χ1v) is 21.2. The molecule has 4 saturated heterocycles. The second-order valence-electron chi connectivity index (χ2n) is 16.2. The second kappa shape index (κ2) is 24.7. The maximum Gasteiger partial charge on any atom is 0.333 e. The third-order valence-electron chi connectivity index (χ3n) is 11.6. The predicted octanol–water partition coefficient (Wildman–Crippen LogP) is -7.97. The van der Waals surface area contributed by atoms with E-state index in [1.165, 1.54) is 6.92 Å². The van der Waals surface area contributed by atoms with Gasteiger partial charge in [0.1, 0.15) is 91.6 Å². The minimum atomic E-state index is -1.95. The number of aromatic hydroxyl groups is 2. The lowest BCUT2D eigenvalue weighted by Gasteiger charge is -2.46. The number of hydrogen-bond donors (Lipinski definition) is 15. The zero-order chi connectivity index (χ0) is 47.7. The number of nitrogens with zero attached hydrogens (tertiary/aromatic N) is 2. The molecule has 27 heteroatoms. The number of rotatable bonds is 22. The lowest BCUT2D eigenvalue weighted by molar-refractivity contribution is -0.366. The van der Waals surface area contributed by atoms with E-state index in [4.69, 9.17) is 42.7 Å². The molecule has 1 aromatic rings. The Morgan fingerprint density at radius 2 is 1.06 bits per heavy atom. The molecule has 1 aromatic heterocycles. The topological polar surface area (TPSA) is 412 Å². The van der Waals surface area contributed by atoms with Gasteiger partial charge < -0.3 is 119 Å². The average molecular weight is 949 g/mol. The van der Waals surface area contributed by atoms with Crippen LogP contribution in [0.15, 0.2) is 12.1 Å². The van der Waals surface area contributed by atoms with Crippen LogP contribution in [0.25, 0.3) is 0 Å². The highest BCUT2D eigenvalue weighted by Gasteiger charge is 2.52. The molecule has 65 heavy (non-hydrogen) atoms. The summed E-state index contributed by atoms with van der Waals surface area (Å²) in [6, 6.07) is 2.28. The first-order chi connectivity index (χ1) is 30.9. The summed E-state index contributed by atoms with van der Waals surface area (Å²) in [5.74, 6) is -1.67. The van der Waals surface area contributed by atoms with E-state index < -0.39 is 160 Å². The van der Waals surface area contributed by atoms with Crippen LogP contribution in [0.5, 0.6) is 11.8 Å². The van der Waals surface area contributed by atoms with Gasteiger partial charge in [-0.1, -0.05) is 6.42 Å². The van der Waals surface area contributed by atoms with Crippen molar-refractivity contribution in [1.82, 2.24) is 9.63 Å². The van der Waals surface area contributed by atoms with Crippen molar-refractivity contribution in [2.24, 2.45) is 0 Å². The lowest BCUT2D eigenvalue weighted by atomic mass is 9.96. The number of carbonyl (C=O) groups excluding carboxylic acids is 1. The Balaban J connectivity index is 1.24. The van der Waals surface area contributed by atoms with Crippen molar-refractivity contribution in [3.8, 4) is 11.8 Å². The standard InChI is InChI=1S/C38H64N2O25/c1-16-23(46)27(50)30(53)35(60-16)57-11-9-39(8-4-2-3-5-22(45)65-40-20(43)6-7-21(40)44)10-12-58-37-33(56)34(64-38-32(55)29(52)25(48)18(14-42)62-38)26(49)19(63-37)15-59-36-31(54)28(51)24(47)17(13-41)61-36/h6-7,16-19,23-38,41-44,46-56H,2-5,8-15H2,1H3. The smallest absolute Gasteiger partial charge is 0.333 e. The summed E-state index contributed by atoms with van der Waals surface area (Å²) in [6.07, 6.45) is -31.2. The van der Waals surface area contributed by atoms with Gasteiger partial charge in [0.15, 0.2) is 25.2 Å². The number of aromatic nitrogens is 1. The third-order valence-corrected chi connectivity index (χ3v) is 11.6. The summed E-state index contributed by atoms with van der Waals surface area (Å²) in [4.78, 5) is 19.1. The fourth-order valence-corrected chi connectivity index (χ4v) is 7.57. The van der Waals surface area contributed by atoms with Crippen molar-refractivity contribution in [2.45, 2.75) is 155 Å². The number of ether oxygens (including phenoxy) is 8. The number of aliphatic hydroxyl groups excluding tert-OH is 13. The van der Waals surface area contributed by atoms with Gasteiger partial charge in [0.05, 0.1) is 39.1 Å². The number of hydrogen-bond acceptors (Lipinski definition) is 26. The molecule has 5 rings (SSSR count). The fourth-order valence-electron chi connectivity index (χ4n) is 7.57. The molecule has 0 saturated carbocycles. The molecule has 5 heterocycles. The third kappa shape index (κ3) is 13.4. The van der Waals surface area contributed by atoms with Crippen LogP contribution in [0.3, 0.4) is 0 Å². The Bertz CT molecular complexity index is 1560. The molecule has 0 radical (unpaired) electrons. The molecule has 15 N–H and O–H groups in total. The predicted molar refractivity (Wildman–Crippen MR) is 208 cm³/mol. The zero-order valence-corrected chi connectivity index (χ0v) is 35.4. The Morgan fingerprint density at radius 3 is 1.63 bits per heavy atom. The van der Waals surface area contributed by atoms with Crippen molar-refractivity contribution in [2.75, 3.05) is 52.7 Å². The van der Waals surface area contributed by atoms with Crippen LogP contribution in [0.1, 0.15) is 32.6 Å². The summed E-state index contributed by atoms with van der Waals surface area (Å²) in [6.45, 7) is -0.467. The molecule has 0 aromatic carbocycles. The summed E-state index contributed by atoms with van der Waals surface area (Å²) in [5.41, 5.74) is 0. The average Bonchev–Trinajstić information content (AvgIpc) is 3.60. The van der Waals surface area contributed by atoms with Crippen LogP contribution in [0.4, 0.5) is 0 Å². The molecule has 20 atom stereocenters. The van der Waals surface area contributed by atoms with Crippen LogP contribution < -0.4 is 4.84 Å². The van der Waals surface area contributed by atoms with Gasteiger partial charge in [-0.2, -0.15) is 0 Å². The van der Waals surface area contributed by atoms with E-state index in [-0.39, 0.29) is 32.7 Å². The van der Waals surface area contributed by atoms with E-state index in [9.17, 15) is 81.4 Å². The molecule has 27 nitrogen and oxygen atoms in total. The summed E-state index contributed by atoms with van der Waals surface area (Å²) in [5, 5.41) is 154. The van der Waals surface area contributed by atoms with Crippen molar-refractivity contribution in [1.29, 1.82) is 0 Å². The first-order valence-electron chi connectivity index (χ1n) is 21.2. The number of unbranched alkanes of at least 4 members (excludes halogenated alkanes) is 2. The first kappa shape index (κ1) is 53.4. The van der Waals surface area contributed by atoms with Crippen LogP contribution in [0.2, 0.25) is 0 Å². The Kier molecular flexibility index (Phi) is 20.3. The minimum absolute atomic E-state index is 0.0665. The Hall–Kier alpha value is -2.53. The molecule has 4 fully saturated rings. The van der Waals surface area contributed by atoms with Gasteiger partial charge in [-0.15, -0.1) is 4.73 Å². The number of carbonyl (C=O) groups is 1. The summed E-state index contributed by atoms with van der Waals surface area (Å²) < 4.78 is 45.7. The Morgan fingerprint density at radius 1 is 0.569 bits per heavy atom. The highest BCUT2D eigenvalue weighted by Crippen LogP contribution is 2.31. The second-order valence-corrected chi connectivity index (χ2v) is 16.2.